The van der Waals surface area contributed by atoms with E-state index in [1.807, 2.05) is 0 Å². The number of hydrogen-bond donors (Lipinski definition) is 2. The van der Waals surface area contributed by atoms with Gasteiger partial charge in [0.15, 0.2) is 0 Å². The SMILES string of the molecule is COc1ccc2cc(S(=O)(=O)O)ccc2c1S(=O)(=O)O. The number of methoxy groups -OCH3 is 1. The van der Waals surface area contributed by atoms with E-state index in [9.17, 15) is 21.4 Å². The molecule has 2 rings (SSSR count). The molecule has 0 aliphatic rings. The van der Waals surface area contributed by atoms with Gasteiger partial charge in [-0.2, -0.15) is 16.8 Å². The van der Waals surface area contributed by atoms with Crippen molar-refractivity contribution in [2.75, 3.05) is 7.11 Å². The third-order valence-electron chi connectivity index (χ3n) is 2.68. The maximum Gasteiger partial charge on any atom is 0.298 e. The molecule has 20 heavy (non-hydrogen) atoms. The van der Waals surface area contributed by atoms with Gasteiger partial charge in [-0.25, -0.2) is 0 Å². The molecule has 0 heterocycles. The number of rotatable bonds is 3. The average Bonchev–Trinajstić information content (AvgIpc) is 2.34. The molecule has 0 saturated carbocycles. The number of hydrogen-bond acceptors (Lipinski definition) is 5. The summed E-state index contributed by atoms with van der Waals surface area (Å²) in [5.41, 5.74) is 0. The van der Waals surface area contributed by atoms with Crippen molar-refractivity contribution in [3.8, 4) is 5.75 Å². The van der Waals surface area contributed by atoms with Crippen molar-refractivity contribution in [1.82, 2.24) is 0 Å². The van der Waals surface area contributed by atoms with Gasteiger partial charge in [0.25, 0.3) is 20.2 Å². The fourth-order valence-corrected chi connectivity index (χ4v) is 3.23. The molecule has 2 N–H and O–H groups in total. The summed E-state index contributed by atoms with van der Waals surface area (Å²) in [7, 11) is -7.72. The minimum Gasteiger partial charge on any atom is -0.495 e. The molecule has 0 aliphatic carbocycles. The largest absolute Gasteiger partial charge is 0.495 e. The van der Waals surface area contributed by atoms with Crippen LogP contribution in [-0.2, 0) is 20.2 Å². The summed E-state index contributed by atoms with van der Waals surface area (Å²) >= 11 is 0. The lowest BCUT2D eigenvalue weighted by molar-refractivity contribution is 0.399. The van der Waals surface area contributed by atoms with E-state index in [4.69, 9.17) is 9.29 Å². The van der Waals surface area contributed by atoms with Gasteiger partial charge in [-0.05, 0) is 23.6 Å². The van der Waals surface area contributed by atoms with Crippen LogP contribution in [0.15, 0.2) is 40.1 Å². The highest BCUT2D eigenvalue weighted by molar-refractivity contribution is 7.86. The number of ether oxygens (including phenoxy) is 1. The first-order valence-corrected chi connectivity index (χ1v) is 8.08. The van der Waals surface area contributed by atoms with Crippen molar-refractivity contribution in [3.05, 3.63) is 30.3 Å². The second-order valence-electron chi connectivity index (χ2n) is 3.93. The van der Waals surface area contributed by atoms with E-state index >= 15 is 0 Å². The van der Waals surface area contributed by atoms with E-state index < -0.39 is 25.1 Å². The highest BCUT2D eigenvalue weighted by Crippen LogP contribution is 2.33. The van der Waals surface area contributed by atoms with E-state index in [0.717, 1.165) is 12.1 Å². The second kappa shape index (κ2) is 4.70. The molecule has 0 spiro atoms. The molecular weight excluding hydrogens is 308 g/mol. The zero-order valence-electron chi connectivity index (χ0n) is 10.1. The predicted octanol–water partition coefficient (Wildman–Crippen LogP) is 1.34. The maximum absolute atomic E-state index is 11.4. The first-order chi connectivity index (χ1) is 9.14. The van der Waals surface area contributed by atoms with Gasteiger partial charge < -0.3 is 4.74 Å². The monoisotopic (exact) mass is 318 g/mol. The van der Waals surface area contributed by atoms with Gasteiger partial charge >= 0.3 is 0 Å². The smallest absolute Gasteiger partial charge is 0.298 e. The van der Waals surface area contributed by atoms with Gasteiger partial charge in [-0.15, -0.1) is 0 Å². The predicted molar refractivity (Wildman–Crippen MR) is 70.1 cm³/mol. The zero-order valence-corrected chi connectivity index (χ0v) is 11.8. The second-order valence-corrected chi connectivity index (χ2v) is 6.71. The van der Waals surface area contributed by atoms with Crippen molar-refractivity contribution in [1.29, 1.82) is 0 Å². The van der Waals surface area contributed by atoms with E-state index in [0.29, 0.717) is 0 Å². The summed E-state index contributed by atoms with van der Waals surface area (Å²) in [5.74, 6) is -0.0698. The van der Waals surface area contributed by atoms with E-state index in [1.165, 1.54) is 25.3 Å². The molecular formula is C11H10O7S2. The van der Waals surface area contributed by atoms with E-state index in [-0.39, 0.29) is 21.4 Å². The van der Waals surface area contributed by atoms with Crippen LogP contribution in [0.25, 0.3) is 10.8 Å². The molecule has 7 nitrogen and oxygen atoms in total. The fourth-order valence-electron chi connectivity index (χ4n) is 1.85. The van der Waals surface area contributed by atoms with Gasteiger partial charge in [0.05, 0.1) is 12.0 Å². The highest BCUT2D eigenvalue weighted by Gasteiger charge is 2.21. The molecule has 0 bridgehead atoms. The molecule has 0 aromatic heterocycles. The average molecular weight is 318 g/mol. The van der Waals surface area contributed by atoms with Crippen LogP contribution in [-0.4, -0.2) is 33.1 Å². The lowest BCUT2D eigenvalue weighted by Crippen LogP contribution is -2.03. The summed E-state index contributed by atoms with van der Waals surface area (Å²) < 4.78 is 68.0. The van der Waals surface area contributed by atoms with Crippen LogP contribution in [0, 0.1) is 0 Å². The summed E-state index contributed by atoms with van der Waals surface area (Å²) in [6.07, 6.45) is 0. The Hall–Kier alpha value is -1.68. The molecule has 0 fully saturated rings. The van der Waals surface area contributed by atoms with Gasteiger partial charge in [0.2, 0.25) is 0 Å². The molecule has 0 unspecified atom stereocenters. The number of fused-ring (bicyclic) bond motifs is 1. The minimum atomic E-state index is -4.56. The van der Waals surface area contributed by atoms with Gasteiger partial charge in [0, 0.05) is 5.39 Å². The Labute approximate surface area is 115 Å². The van der Waals surface area contributed by atoms with Crippen molar-refractivity contribution in [2.45, 2.75) is 9.79 Å². The summed E-state index contributed by atoms with van der Waals surface area (Å²) in [4.78, 5) is -0.837. The van der Waals surface area contributed by atoms with Crippen molar-refractivity contribution in [3.63, 3.8) is 0 Å². The Bertz CT molecular complexity index is 882. The highest BCUT2D eigenvalue weighted by atomic mass is 32.2. The van der Waals surface area contributed by atoms with E-state index in [1.54, 1.807) is 0 Å². The first kappa shape index (κ1) is 14.7. The van der Waals surface area contributed by atoms with Crippen LogP contribution in [0.1, 0.15) is 0 Å². The summed E-state index contributed by atoms with van der Waals surface area (Å²) in [6.45, 7) is 0. The standard InChI is InChI=1S/C11H10O7S2/c1-18-10-5-2-7-6-8(19(12,13)14)3-4-9(7)11(10)20(15,16)17/h2-6H,1H3,(H,12,13,14)(H,15,16,17). The summed E-state index contributed by atoms with van der Waals surface area (Å²) in [6, 6.07) is 5.99. The third-order valence-corrected chi connectivity index (χ3v) is 4.47. The molecule has 9 heteroatoms. The van der Waals surface area contributed by atoms with Crippen LogP contribution in [0.5, 0.6) is 5.75 Å². The normalized spacial score (nSPS) is 12.6. The third kappa shape index (κ3) is 2.61. The molecule has 108 valence electrons. The maximum atomic E-state index is 11.4. The number of benzene rings is 2. The van der Waals surface area contributed by atoms with E-state index in [2.05, 4.69) is 0 Å². The zero-order chi connectivity index (χ0) is 15.1. The molecule has 0 atom stereocenters. The first-order valence-electron chi connectivity index (χ1n) is 5.20. The fraction of sp³-hybridized carbons (Fsp3) is 0.0909. The van der Waals surface area contributed by atoms with Gasteiger partial charge in [0.1, 0.15) is 10.6 Å². The van der Waals surface area contributed by atoms with Crippen LogP contribution < -0.4 is 4.74 Å². The van der Waals surface area contributed by atoms with Gasteiger partial charge in [-0.1, -0.05) is 12.1 Å². The van der Waals surface area contributed by atoms with Crippen molar-refractivity contribution in [2.24, 2.45) is 0 Å². The van der Waals surface area contributed by atoms with Crippen LogP contribution >= 0.6 is 0 Å². The molecule has 2 aromatic rings. The Morgan fingerprint density at radius 2 is 1.60 bits per heavy atom. The van der Waals surface area contributed by atoms with Gasteiger partial charge in [-0.3, -0.25) is 9.11 Å². The molecule has 0 radical (unpaired) electrons. The Morgan fingerprint density at radius 3 is 2.10 bits per heavy atom. The molecule has 0 saturated heterocycles. The minimum absolute atomic E-state index is 0.0698. The topological polar surface area (TPSA) is 118 Å². The Kier molecular flexibility index (Phi) is 3.46. The lowest BCUT2D eigenvalue weighted by atomic mass is 10.1. The van der Waals surface area contributed by atoms with Crippen molar-refractivity contribution >= 4 is 31.0 Å². The molecule has 0 amide bonds. The Balaban J connectivity index is 2.91. The summed E-state index contributed by atoms with van der Waals surface area (Å²) in [5, 5.41) is 0.299. The molecule has 0 aliphatic heterocycles. The lowest BCUT2D eigenvalue weighted by Gasteiger charge is -2.10. The molecule has 2 aromatic carbocycles. The van der Waals surface area contributed by atoms with Crippen LogP contribution in [0.2, 0.25) is 0 Å². The van der Waals surface area contributed by atoms with Crippen molar-refractivity contribution < 1.29 is 30.7 Å². The van der Waals surface area contributed by atoms with Crippen LogP contribution in [0.3, 0.4) is 0 Å². The van der Waals surface area contributed by atoms with Crippen LogP contribution in [0.4, 0.5) is 0 Å². The quantitative estimate of drug-likeness (QED) is 0.820. The Morgan fingerprint density at radius 1 is 0.950 bits per heavy atom.